The fraction of sp³-hybridized carbons (Fsp3) is 0.619. The van der Waals surface area contributed by atoms with Gasteiger partial charge in [-0.05, 0) is 44.4 Å². The van der Waals surface area contributed by atoms with E-state index in [2.05, 4.69) is 20.9 Å². The van der Waals surface area contributed by atoms with E-state index in [0.717, 1.165) is 24.9 Å². The third-order valence-electron chi connectivity index (χ3n) is 4.73. The molecule has 0 atom stereocenters. The summed E-state index contributed by atoms with van der Waals surface area (Å²) in [7, 11) is 0. The van der Waals surface area contributed by atoms with Crippen molar-refractivity contribution in [2.75, 3.05) is 39.3 Å². The predicted molar refractivity (Wildman–Crippen MR) is 129 cm³/mol. The molecule has 0 aliphatic carbocycles. The quantitative estimate of drug-likeness (QED) is 0.236. The number of piperidine rings is 1. The van der Waals surface area contributed by atoms with Gasteiger partial charge in [-0.1, -0.05) is 12.1 Å². The summed E-state index contributed by atoms with van der Waals surface area (Å²) in [6, 6.07) is 7.72. The number of carbonyl (C=O) groups excluding carboxylic acids is 1. The van der Waals surface area contributed by atoms with Crippen LogP contribution in [-0.4, -0.2) is 68.6 Å². The van der Waals surface area contributed by atoms with E-state index in [0.29, 0.717) is 37.9 Å². The summed E-state index contributed by atoms with van der Waals surface area (Å²) in [5.41, 5.74) is 0.965. The van der Waals surface area contributed by atoms with Crippen LogP contribution in [0, 0.1) is 0 Å². The Morgan fingerprint density at radius 3 is 2.58 bits per heavy atom. The number of nitrogens with one attached hydrogen (secondary N) is 3. The maximum atomic E-state index is 12.5. The lowest BCUT2D eigenvalue weighted by atomic mass is 10.1. The van der Waals surface area contributed by atoms with Gasteiger partial charge in [-0.25, -0.2) is 13.8 Å². The summed E-state index contributed by atoms with van der Waals surface area (Å²) in [4.78, 5) is 18.0. The molecule has 0 saturated carbocycles. The number of nitrogens with zero attached hydrogens (tertiary/aromatic N) is 2. The Hall–Kier alpha value is -1.69. The molecule has 0 unspecified atom stereocenters. The van der Waals surface area contributed by atoms with Gasteiger partial charge in [0.1, 0.15) is 5.75 Å². The van der Waals surface area contributed by atoms with Crippen molar-refractivity contribution in [2.24, 2.45) is 4.99 Å². The second-order valence-corrected chi connectivity index (χ2v) is 7.20. The second-order valence-electron chi connectivity index (χ2n) is 7.20. The molecule has 1 aromatic rings. The maximum Gasteiger partial charge on any atom is 0.257 e. The number of amides is 1. The SMILES string of the molecule is CCNC(=O)COc1cccc(CN=C(NCC)NC2CCN(CC(F)F)CC2)c1.I. The highest BCUT2D eigenvalue weighted by molar-refractivity contribution is 14.0. The highest BCUT2D eigenvalue weighted by Crippen LogP contribution is 2.15. The molecule has 1 fully saturated rings. The first kappa shape index (κ1) is 27.3. The molecule has 0 aromatic heterocycles. The number of alkyl halides is 2. The van der Waals surface area contributed by atoms with E-state index in [1.807, 2.05) is 38.1 Å². The number of hydrogen-bond donors (Lipinski definition) is 3. The number of likely N-dealkylation sites (N-methyl/N-ethyl adjacent to an activating group) is 1. The summed E-state index contributed by atoms with van der Waals surface area (Å²) >= 11 is 0. The molecule has 1 saturated heterocycles. The number of halogens is 3. The zero-order valence-corrected chi connectivity index (χ0v) is 20.5. The molecule has 2 rings (SSSR count). The van der Waals surface area contributed by atoms with E-state index < -0.39 is 6.43 Å². The van der Waals surface area contributed by atoms with Crippen LogP contribution in [0.1, 0.15) is 32.3 Å². The molecular formula is C21H34F2IN5O2. The first-order chi connectivity index (χ1) is 14.5. The summed E-state index contributed by atoms with van der Waals surface area (Å²) in [6.07, 6.45) is -0.672. The lowest BCUT2D eigenvalue weighted by Gasteiger charge is -2.32. The van der Waals surface area contributed by atoms with Crippen LogP contribution in [-0.2, 0) is 11.3 Å². The van der Waals surface area contributed by atoms with Crippen LogP contribution in [0.15, 0.2) is 29.3 Å². The predicted octanol–water partition coefficient (Wildman–Crippen LogP) is 2.60. The highest BCUT2D eigenvalue weighted by Gasteiger charge is 2.21. The Morgan fingerprint density at radius 2 is 1.94 bits per heavy atom. The zero-order chi connectivity index (χ0) is 21.8. The number of benzene rings is 1. The fourth-order valence-electron chi connectivity index (χ4n) is 3.27. The Bertz CT molecular complexity index is 685. The second kappa shape index (κ2) is 15.2. The molecule has 1 aliphatic heterocycles. The van der Waals surface area contributed by atoms with Gasteiger partial charge in [0, 0.05) is 32.2 Å². The van der Waals surface area contributed by atoms with Gasteiger partial charge < -0.3 is 20.7 Å². The number of rotatable bonds is 10. The Kier molecular flexibility index (Phi) is 13.4. The molecule has 1 aliphatic rings. The third-order valence-corrected chi connectivity index (χ3v) is 4.73. The normalized spacial score (nSPS) is 15.3. The van der Waals surface area contributed by atoms with E-state index >= 15 is 0 Å². The maximum absolute atomic E-state index is 12.5. The lowest BCUT2D eigenvalue weighted by molar-refractivity contribution is -0.122. The molecule has 0 radical (unpaired) electrons. The van der Waals surface area contributed by atoms with Crippen LogP contribution >= 0.6 is 24.0 Å². The standard InChI is InChI=1S/C21H33F2N5O2.HI/c1-3-24-20(29)15-30-18-7-5-6-16(12-18)13-26-21(25-4-2)27-17-8-10-28(11-9-17)14-19(22)23;/h5-7,12,17,19H,3-4,8-11,13-15H2,1-2H3,(H,24,29)(H2,25,26,27);1H. The largest absolute Gasteiger partial charge is 0.484 e. The van der Waals surface area contributed by atoms with E-state index in [1.54, 1.807) is 4.90 Å². The van der Waals surface area contributed by atoms with Crippen LogP contribution < -0.4 is 20.7 Å². The number of hydrogen-bond acceptors (Lipinski definition) is 4. The molecule has 1 aromatic carbocycles. The van der Waals surface area contributed by atoms with E-state index in [-0.39, 0.29) is 49.1 Å². The minimum Gasteiger partial charge on any atom is -0.484 e. The number of aliphatic imine (C=N–C) groups is 1. The minimum absolute atomic E-state index is 0. The molecule has 10 heteroatoms. The van der Waals surface area contributed by atoms with Gasteiger partial charge in [0.05, 0.1) is 13.1 Å². The van der Waals surface area contributed by atoms with Crippen LogP contribution in [0.3, 0.4) is 0 Å². The van der Waals surface area contributed by atoms with Crippen LogP contribution in [0.2, 0.25) is 0 Å². The summed E-state index contributed by atoms with van der Waals surface area (Å²) in [5.74, 6) is 1.18. The van der Waals surface area contributed by atoms with E-state index in [9.17, 15) is 13.6 Å². The van der Waals surface area contributed by atoms with Crippen molar-refractivity contribution < 1.29 is 18.3 Å². The van der Waals surface area contributed by atoms with Crippen molar-refractivity contribution in [2.45, 2.75) is 45.7 Å². The number of carbonyl (C=O) groups is 1. The molecule has 3 N–H and O–H groups in total. The van der Waals surface area contributed by atoms with Crippen molar-refractivity contribution in [1.82, 2.24) is 20.9 Å². The topological polar surface area (TPSA) is 78.0 Å². The van der Waals surface area contributed by atoms with Gasteiger partial charge in [-0.2, -0.15) is 0 Å². The fourth-order valence-corrected chi connectivity index (χ4v) is 3.27. The van der Waals surface area contributed by atoms with Crippen LogP contribution in [0.5, 0.6) is 5.75 Å². The molecule has 0 bridgehead atoms. The Balaban J connectivity index is 0.00000480. The Morgan fingerprint density at radius 1 is 1.23 bits per heavy atom. The van der Waals surface area contributed by atoms with Crippen molar-refractivity contribution in [3.8, 4) is 5.75 Å². The highest BCUT2D eigenvalue weighted by atomic mass is 127. The summed E-state index contributed by atoms with van der Waals surface area (Å²) in [6.45, 7) is 6.76. The molecule has 7 nitrogen and oxygen atoms in total. The molecule has 31 heavy (non-hydrogen) atoms. The van der Waals surface area contributed by atoms with Crippen molar-refractivity contribution in [3.63, 3.8) is 0 Å². The molecule has 176 valence electrons. The number of likely N-dealkylation sites (tertiary alicyclic amines) is 1. The molecule has 1 heterocycles. The van der Waals surface area contributed by atoms with Gasteiger partial charge in [0.15, 0.2) is 12.6 Å². The first-order valence-corrected chi connectivity index (χ1v) is 10.5. The van der Waals surface area contributed by atoms with E-state index in [4.69, 9.17) is 4.74 Å². The van der Waals surface area contributed by atoms with Gasteiger partial charge >= 0.3 is 0 Å². The van der Waals surface area contributed by atoms with Gasteiger partial charge in [0.25, 0.3) is 12.3 Å². The van der Waals surface area contributed by atoms with Crippen LogP contribution in [0.25, 0.3) is 0 Å². The lowest BCUT2D eigenvalue weighted by Crippen LogP contribution is -2.49. The molecule has 1 amide bonds. The number of ether oxygens (including phenoxy) is 1. The summed E-state index contributed by atoms with van der Waals surface area (Å²) in [5, 5.41) is 9.34. The third kappa shape index (κ3) is 10.9. The summed E-state index contributed by atoms with van der Waals surface area (Å²) < 4.78 is 30.6. The smallest absolute Gasteiger partial charge is 0.257 e. The molecular weight excluding hydrogens is 519 g/mol. The van der Waals surface area contributed by atoms with Crippen molar-refractivity contribution in [1.29, 1.82) is 0 Å². The first-order valence-electron chi connectivity index (χ1n) is 10.5. The number of guanidine groups is 1. The van der Waals surface area contributed by atoms with E-state index in [1.165, 1.54) is 0 Å². The zero-order valence-electron chi connectivity index (χ0n) is 18.2. The van der Waals surface area contributed by atoms with Crippen molar-refractivity contribution >= 4 is 35.8 Å². The average Bonchev–Trinajstić information content (AvgIpc) is 2.72. The monoisotopic (exact) mass is 553 g/mol. The Labute approximate surface area is 200 Å². The van der Waals surface area contributed by atoms with Gasteiger partial charge in [-0.15, -0.1) is 24.0 Å². The van der Waals surface area contributed by atoms with Gasteiger partial charge in [-0.3, -0.25) is 9.69 Å². The minimum atomic E-state index is -2.28. The van der Waals surface area contributed by atoms with Crippen LogP contribution in [0.4, 0.5) is 8.78 Å². The van der Waals surface area contributed by atoms with Crippen molar-refractivity contribution in [3.05, 3.63) is 29.8 Å². The molecule has 0 spiro atoms. The van der Waals surface area contributed by atoms with Gasteiger partial charge in [0.2, 0.25) is 0 Å². The average molecular weight is 553 g/mol.